The van der Waals surface area contributed by atoms with E-state index in [0.717, 1.165) is 6.42 Å². The molecule has 0 bridgehead atoms. The Morgan fingerprint density at radius 3 is 2.03 bits per heavy atom. The molecule has 0 saturated carbocycles. The van der Waals surface area contributed by atoms with Gasteiger partial charge >= 0.3 is 0 Å². The van der Waals surface area contributed by atoms with Crippen LogP contribution in [0.4, 0.5) is 0 Å². The van der Waals surface area contributed by atoms with Gasteiger partial charge in [0.15, 0.2) is 0 Å². The molecular weight excluding hydrogens is 634 g/mol. The zero-order chi connectivity index (χ0) is 22.7. The van der Waals surface area contributed by atoms with Gasteiger partial charge in [-0.25, -0.2) is 0 Å². The average Bonchev–Trinajstić information content (AvgIpc) is 3.36. The summed E-state index contributed by atoms with van der Waals surface area (Å²) in [7, 11) is 0. The van der Waals surface area contributed by atoms with Gasteiger partial charge in [0.2, 0.25) is 0 Å². The molecule has 0 unspecified atom stereocenters. The van der Waals surface area contributed by atoms with E-state index in [1.54, 1.807) is 0 Å². The van der Waals surface area contributed by atoms with Crippen molar-refractivity contribution in [3.8, 4) is 0 Å². The summed E-state index contributed by atoms with van der Waals surface area (Å²) >= 11 is 0. The predicted octanol–water partition coefficient (Wildman–Crippen LogP) is 3.18. The van der Waals surface area contributed by atoms with E-state index in [2.05, 4.69) is 120 Å². The minimum Gasteiger partial charge on any atom is -1.00 e. The molecule has 0 radical (unpaired) electrons. The molecule has 0 atom stereocenters. The normalized spacial score (nSPS) is 13.5. The van der Waals surface area contributed by atoms with E-state index in [-0.39, 0.29) is 61.5 Å². The molecule has 0 saturated heterocycles. The van der Waals surface area contributed by atoms with Crippen LogP contribution in [0.25, 0.3) is 32.7 Å². The van der Waals surface area contributed by atoms with Gasteiger partial charge in [-0.15, -0.1) is 33.7 Å². The van der Waals surface area contributed by atoms with Gasteiger partial charge in [-0.05, 0) is 28.4 Å². The molecule has 1 aliphatic rings. The van der Waals surface area contributed by atoms with Gasteiger partial charge in [0, 0.05) is 25.8 Å². The third kappa shape index (κ3) is 5.43. The van der Waals surface area contributed by atoms with Crippen LogP contribution in [0.3, 0.4) is 0 Å². The first-order valence-electron chi connectivity index (χ1n) is 11.8. The topological polar surface area (TPSA) is 0 Å². The molecule has 4 aromatic carbocycles. The molecule has 182 valence electrons. The molecule has 0 aliphatic heterocycles. The number of hydrogen-bond donors (Lipinski definition) is 0. The van der Waals surface area contributed by atoms with Crippen molar-refractivity contribution < 1.29 is 50.7 Å². The molecule has 1 aliphatic carbocycles. The molecule has 35 heavy (non-hydrogen) atoms. The summed E-state index contributed by atoms with van der Waals surface area (Å²) in [5, 5.41) is 5.48. The van der Waals surface area contributed by atoms with Gasteiger partial charge in [0.1, 0.15) is 0 Å². The van der Waals surface area contributed by atoms with Crippen LogP contribution in [0.5, 0.6) is 0 Å². The Morgan fingerprint density at radius 1 is 0.743 bits per heavy atom. The predicted molar refractivity (Wildman–Crippen MR) is 141 cm³/mol. The van der Waals surface area contributed by atoms with E-state index in [1.165, 1.54) is 54.9 Å². The number of rotatable bonds is 2. The molecule has 0 N–H and O–H groups in total. The maximum atomic E-state index is 2.44. The van der Waals surface area contributed by atoms with Crippen molar-refractivity contribution in [3.63, 3.8) is 0 Å². The molecule has 0 aromatic heterocycles. The van der Waals surface area contributed by atoms with E-state index < -0.39 is 0 Å². The SMILES string of the molecule is CC(C)(C)c1ccc2c(c1)[cH-]c1c(C3=C(c4ccccc4)C=CC3)c(C(C)(C)C)ccc12.[Cl-].[Cl-].[Hf]. The Morgan fingerprint density at radius 2 is 1.40 bits per heavy atom. The van der Waals surface area contributed by atoms with E-state index >= 15 is 0 Å². The summed E-state index contributed by atoms with van der Waals surface area (Å²) in [5.74, 6) is 0. The van der Waals surface area contributed by atoms with Crippen LogP contribution in [0.2, 0.25) is 0 Å². The van der Waals surface area contributed by atoms with Gasteiger partial charge in [0.25, 0.3) is 0 Å². The van der Waals surface area contributed by atoms with Gasteiger partial charge in [-0.1, -0.05) is 131 Å². The number of hydrogen-bond acceptors (Lipinski definition) is 0. The summed E-state index contributed by atoms with van der Waals surface area (Å²) in [6.45, 7) is 13.9. The number of allylic oxidation sites excluding steroid dienone is 4. The maximum absolute atomic E-state index is 2.44. The van der Waals surface area contributed by atoms with Crippen molar-refractivity contribution in [2.45, 2.75) is 58.8 Å². The van der Waals surface area contributed by atoms with Gasteiger partial charge in [-0.2, -0.15) is 0 Å². The quantitative estimate of drug-likeness (QED) is 0.228. The fraction of sp³-hybridized carbons (Fsp3) is 0.281. The van der Waals surface area contributed by atoms with Crippen LogP contribution < -0.4 is 24.8 Å². The van der Waals surface area contributed by atoms with E-state index in [0.29, 0.717) is 0 Å². The van der Waals surface area contributed by atoms with Crippen molar-refractivity contribution in [2.24, 2.45) is 0 Å². The monoisotopic (exact) mass is 667 g/mol. The van der Waals surface area contributed by atoms with Crippen molar-refractivity contribution in [1.29, 1.82) is 0 Å². The summed E-state index contributed by atoms with van der Waals surface area (Å²) in [6.07, 6.45) is 5.63. The third-order valence-corrected chi connectivity index (χ3v) is 6.88. The van der Waals surface area contributed by atoms with E-state index in [9.17, 15) is 0 Å². The molecule has 4 aromatic rings. The smallest absolute Gasteiger partial charge is 0 e. The summed E-state index contributed by atoms with van der Waals surface area (Å²) < 4.78 is 0. The largest absolute Gasteiger partial charge is 1.00 e. The first-order valence-corrected chi connectivity index (χ1v) is 11.8. The van der Waals surface area contributed by atoms with Crippen molar-refractivity contribution in [3.05, 3.63) is 101 Å². The van der Waals surface area contributed by atoms with Gasteiger partial charge < -0.3 is 24.8 Å². The van der Waals surface area contributed by atoms with Crippen LogP contribution in [-0.4, -0.2) is 0 Å². The minimum absolute atomic E-state index is 0. The number of halogens is 2. The summed E-state index contributed by atoms with van der Waals surface area (Å²) in [5.41, 5.74) is 8.61. The average molecular weight is 667 g/mol. The van der Waals surface area contributed by atoms with Crippen molar-refractivity contribution >= 4 is 32.7 Å². The van der Waals surface area contributed by atoms with Crippen LogP contribution in [0, 0.1) is 0 Å². The second-order valence-corrected chi connectivity index (χ2v) is 11.3. The standard InChI is InChI=1S/C32H33.2ClH.Hf/c1-31(2,3)23-15-16-25-22(19-23)20-28-26(25)17-18-29(32(4,5)6)30(28)27-14-10-13-24(27)21-11-8-7-9-12-21;;;/h7-13,15-20H,14H2,1-6H3;2*1H;/q-1;;;/p-2. The van der Waals surface area contributed by atoms with Crippen LogP contribution >= 0.6 is 0 Å². The molecule has 0 spiro atoms. The minimum atomic E-state index is 0. The Balaban J connectivity index is 0.00000144. The van der Waals surface area contributed by atoms with Crippen LogP contribution in [0.15, 0.2) is 78.9 Å². The second kappa shape index (κ2) is 10.8. The fourth-order valence-electron chi connectivity index (χ4n) is 5.13. The molecule has 0 fully saturated rings. The Labute approximate surface area is 241 Å². The van der Waals surface area contributed by atoms with Gasteiger partial charge in [0.05, 0.1) is 0 Å². The molecule has 3 heteroatoms. The Hall–Kier alpha value is -1.54. The fourth-order valence-corrected chi connectivity index (χ4v) is 5.13. The molecular formula is C32H33Cl2Hf-3. The Bertz CT molecular complexity index is 1390. The number of benzene rings is 3. The zero-order valence-electron chi connectivity index (χ0n) is 21.5. The molecule has 5 rings (SSSR count). The molecule has 0 amide bonds. The summed E-state index contributed by atoms with van der Waals surface area (Å²) in [6, 6.07) is 25.1. The first-order chi connectivity index (χ1) is 15.1. The van der Waals surface area contributed by atoms with Crippen molar-refractivity contribution in [1.82, 2.24) is 0 Å². The maximum Gasteiger partial charge on any atom is 0 e. The zero-order valence-corrected chi connectivity index (χ0v) is 26.6. The Kier molecular flexibility index (Phi) is 9.19. The molecule has 0 nitrogen and oxygen atoms in total. The third-order valence-electron chi connectivity index (χ3n) is 6.88. The summed E-state index contributed by atoms with van der Waals surface area (Å²) in [4.78, 5) is 0. The van der Waals surface area contributed by atoms with Crippen LogP contribution in [0.1, 0.15) is 70.2 Å². The van der Waals surface area contributed by atoms with E-state index in [4.69, 9.17) is 0 Å². The first kappa shape index (κ1) is 29.7. The van der Waals surface area contributed by atoms with E-state index in [1.807, 2.05) is 0 Å². The van der Waals surface area contributed by atoms with Crippen LogP contribution in [-0.2, 0) is 36.7 Å². The van der Waals surface area contributed by atoms with Crippen molar-refractivity contribution in [2.75, 3.05) is 0 Å². The van der Waals surface area contributed by atoms with Gasteiger partial charge in [-0.3, -0.25) is 0 Å². The number of fused-ring (bicyclic) bond motifs is 3. The molecule has 0 heterocycles. The second-order valence-electron chi connectivity index (χ2n) is 11.3.